The zero-order valence-electron chi connectivity index (χ0n) is 13.0. The van der Waals surface area contributed by atoms with Gasteiger partial charge in [-0.1, -0.05) is 6.07 Å². The number of rotatable bonds is 5. The second kappa shape index (κ2) is 6.46. The molecule has 2 aromatic heterocycles. The first kappa shape index (κ1) is 15.6. The number of aromatic nitrogens is 2. The molecule has 23 heavy (non-hydrogen) atoms. The predicted molar refractivity (Wildman–Crippen MR) is 88.2 cm³/mol. The van der Waals surface area contributed by atoms with Crippen molar-refractivity contribution < 1.29 is 8.78 Å². The van der Waals surface area contributed by atoms with Crippen molar-refractivity contribution in [3.05, 3.63) is 53.2 Å². The molecule has 0 aliphatic rings. The summed E-state index contributed by atoms with van der Waals surface area (Å²) in [7, 11) is 0. The lowest BCUT2D eigenvalue weighted by molar-refractivity contribution is 0.591. The molecule has 0 unspecified atom stereocenters. The van der Waals surface area contributed by atoms with Gasteiger partial charge in [0.2, 0.25) is 0 Å². The monoisotopic (exact) mass is 315 g/mol. The van der Waals surface area contributed by atoms with Gasteiger partial charge in [-0.25, -0.2) is 8.78 Å². The number of benzene rings is 1. The van der Waals surface area contributed by atoms with Crippen LogP contribution in [0.5, 0.6) is 0 Å². The molecule has 3 rings (SSSR count). The van der Waals surface area contributed by atoms with Crippen LogP contribution in [0.4, 0.5) is 8.78 Å². The molecule has 120 valence electrons. The SMILES string of the molecule is Cc1ccc(-c2[nH]c3c(F)cc(F)cc3c2CCCCN)nc1. The van der Waals surface area contributed by atoms with Crippen LogP contribution in [-0.4, -0.2) is 16.5 Å². The molecule has 3 aromatic rings. The number of hydrogen-bond donors (Lipinski definition) is 2. The van der Waals surface area contributed by atoms with Crippen LogP contribution in [0, 0.1) is 18.6 Å². The van der Waals surface area contributed by atoms with Crippen molar-refractivity contribution >= 4 is 10.9 Å². The molecule has 0 spiro atoms. The molecule has 2 heterocycles. The van der Waals surface area contributed by atoms with Gasteiger partial charge in [0, 0.05) is 17.6 Å². The Morgan fingerprint density at radius 2 is 2.00 bits per heavy atom. The van der Waals surface area contributed by atoms with Gasteiger partial charge in [-0.2, -0.15) is 0 Å². The van der Waals surface area contributed by atoms with Gasteiger partial charge in [-0.3, -0.25) is 4.98 Å². The molecule has 0 atom stereocenters. The van der Waals surface area contributed by atoms with Gasteiger partial charge in [-0.15, -0.1) is 0 Å². The van der Waals surface area contributed by atoms with Crippen LogP contribution < -0.4 is 5.73 Å². The van der Waals surface area contributed by atoms with E-state index in [4.69, 9.17) is 5.73 Å². The van der Waals surface area contributed by atoms with Crippen LogP contribution in [0.25, 0.3) is 22.3 Å². The maximum Gasteiger partial charge on any atom is 0.150 e. The van der Waals surface area contributed by atoms with E-state index in [2.05, 4.69) is 9.97 Å². The van der Waals surface area contributed by atoms with Crippen LogP contribution in [0.3, 0.4) is 0 Å². The third-order valence-corrected chi connectivity index (χ3v) is 3.98. The molecule has 0 bridgehead atoms. The van der Waals surface area contributed by atoms with Crippen molar-refractivity contribution in [3.63, 3.8) is 0 Å². The highest BCUT2D eigenvalue weighted by molar-refractivity contribution is 5.90. The molecule has 0 fully saturated rings. The van der Waals surface area contributed by atoms with Crippen LogP contribution in [-0.2, 0) is 6.42 Å². The van der Waals surface area contributed by atoms with Crippen LogP contribution in [0.15, 0.2) is 30.5 Å². The number of aromatic amines is 1. The summed E-state index contributed by atoms with van der Waals surface area (Å²) in [6.45, 7) is 2.56. The van der Waals surface area contributed by atoms with E-state index in [0.29, 0.717) is 23.9 Å². The van der Waals surface area contributed by atoms with Gasteiger partial charge >= 0.3 is 0 Å². The molecule has 0 radical (unpaired) electrons. The minimum absolute atomic E-state index is 0.325. The number of halogens is 2. The summed E-state index contributed by atoms with van der Waals surface area (Å²) in [5, 5.41) is 0.580. The zero-order valence-corrected chi connectivity index (χ0v) is 13.0. The Balaban J connectivity index is 2.16. The Kier molecular flexibility index (Phi) is 4.39. The molecular weight excluding hydrogens is 296 g/mol. The second-order valence-electron chi connectivity index (χ2n) is 5.76. The standard InChI is InChI=1S/C18H19F2N3/c1-11-5-6-16(22-10-11)18-13(4-2-3-7-21)14-8-12(19)9-15(20)17(14)23-18/h5-6,8-10,23H,2-4,7,21H2,1H3. The Bertz CT molecular complexity index is 822. The van der Waals surface area contributed by atoms with Crippen molar-refractivity contribution in [2.75, 3.05) is 6.54 Å². The number of unbranched alkanes of at least 4 members (excludes halogenated alkanes) is 1. The van der Waals surface area contributed by atoms with Gasteiger partial charge < -0.3 is 10.7 Å². The molecule has 0 saturated heterocycles. The summed E-state index contributed by atoms with van der Waals surface area (Å²) in [5.74, 6) is -1.16. The molecule has 5 heteroatoms. The minimum atomic E-state index is -0.585. The van der Waals surface area contributed by atoms with Crippen LogP contribution >= 0.6 is 0 Å². The lowest BCUT2D eigenvalue weighted by Gasteiger charge is -2.05. The Hall–Kier alpha value is -2.27. The summed E-state index contributed by atoms with van der Waals surface area (Å²) >= 11 is 0. The molecule has 0 aliphatic carbocycles. The first-order valence-corrected chi connectivity index (χ1v) is 7.73. The molecule has 3 N–H and O–H groups in total. The van der Waals surface area contributed by atoms with Gasteiger partial charge in [0.25, 0.3) is 0 Å². The fourth-order valence-corrected chi connectivity index (χ4v) is 2.81. The van der Waals surface area contributed by atoms with Crippen molar-refractivity contribution in [1.82, 2.24) is 9.97 Å². The molecule has 0 aliphatic heterocycles. The number of pyridine rings is 1. The van der Waals surface area contributed by atoms with Crippen LogP contribution in [0.1, 0.15) is 24.0 Å². The maximum absolute atomic E-state index is 14.1. The van der Waals surface area contributed by atoms with Gasteiger partial charge in [0.1, 0.15) is 11.6 Å². The summed E-state index contributed by atoms with van der Waals surface area (Å²) in [6.07, 6.45) is 4.19. The fourth-order valence-electron chi connectivity index (χ4n) is 2.81. The topological polar surface area (TPSA) is 54.7 Å². The highest BCUT2D eigenvalue weighted by Crippen LogP contribution is 2.32. The minimum Gasteiger partial charge on any atom is -0.351 e. The first-order valence-electron chi connectivity index (χ1n) is 7.73. The average Bonchev–Trinajstić information content (AvgIpc) is 2.87. The zero-order chi connectivity index (χ0) is 16.4. The number of H-pyrrole nitrogens is 1. The quantitative estimate of drug-likeness (QED) is 0.697. The fraction of sp³-hybridized carbons (Fsp3) is 0.278. The Morgan fingerprint density at radius 3 is 2.70 bits per heavy atom. The van der Waals surface area contributed by atoms with Crippen molar-refractivity contribution in [2.45, 2.75) is 26.2 Å². The Morgan fingerprint density at radius 1 is 1.17 bits per heavy atom. The number of hydrogen-bond acceptors (Lipinski definition) is 2. The smallest absolute Gasteiger partial charge is 0.150 e. The molecule has 0 saturated carbocycles. The van der Waals surface area contributed by atoms with E-state index in [9.17, 15) is 8.78 Å². The van der Waals surface area contributed by atoms with E-state index < -0.39 is 11.6 Å². The van der Waals surface area contributed by atoms with E-state index in [1.807, 2.05) is 19.1 Å². The molecule has 3 nitrogen and oxygen atoms in total. The summed E-state index contributed by atoms with van der Waals surface area (Å²) in [4.78, 5) is 7.50. The van der Waals surface area contributed by atoms with E-state index >= 15 is 0 Å². The maximum atomic E-state index is 14.1. The number of nitrogens with zero attached hydrogens (tertiary/aromatic N) is 1. The van der Waals surface area contributed by atoms with Crippen LogP contribution in [0.2, 0.25) is 0 Å². The normalized spacial score (nSPS) is 11.3. The number of fused-ring (bicyclic) bond motifs is 1. The van der Waals surface area contributed by atoms with E-state index in [-0.39, 0.29) is 0 Å². The summed E-state index contributed by atoms with van der Waals surface area (Å²) in [6, 6.07) is 6.12. The highest BCUT2D eigenvalue weighted by Gasteiger charge is 2.17. The lowest BCUT2D eigenvalue weighted by Crippen LogP contribution is -1.99. The lowest BCUT2D eigenvalue weighted by atomic mass is 10.0. The number of nitrogens with one attached hydrogen (secondary N) is 1. The van der Waals surface area contributed by atoms with Crippen molar-refractivity contribution in [1.29, 1.82) is 0 Å². The third kappa shape index (κ3) is 3.10. The first-order chi connectivity index (χ1) is 11.1. The predicted octanol–water partition coefficient (Wildman–Crippen LogP) is 4.10. The molecule has 1 aromatic carbocycles. The third-order valence-electron chi connectivity index (χ3n) is 3.98. The summed E-state index contributed by atoms with van der Waals surface area (Å²) in [5.41, 5.74) is 9.30. The van der Waals surface area contributed by atoms with Crippen molar-refractivity contribution in [2.24, 2.45) is 5.73 Å². The van der Waals surface area contributed by atoms with Gasteiger partial charge in [0.05, 0.1) is 16.9 Å². The number of nitrogens with two attached hydrogens (primary N) is 1. The second-order valence-corrected chi connectivity index (χ2v) is 5.76. The largest absolute Gasteiger partial charge is 0.351 e. The molecule has 0 amide bonds. The Labute approximate surface area is 133 Å². The van der Waals surface area contributed by atoms with Gasteiger partial charge in [0.15, 0.2) is 0 Å². The molecular formula is C18H19F2N3. The average molecular weight is 315 g/mol. The number of aryl methyl sites for hydroxylation is 2. The summed E-state index contributed by atoms with van der Waals surface area (Å²) < 4.78 is 27.7. The van der Waals surface area contributed by atoms with E-state index in [1.54, 1.807) is 6.20 Å². The highest BCUT2D eigenvalue weighted by atomic mass is 19.1. The van der Waals surface area contributed by atoms with E-state index in [0.717, 1.165) is 41.4 Å². The van der Waals surface area contributed by atoms with E-state index in [1.165, 1.54) is 6.07 Å². The van der Waals surface area contributed by atoms with Crippen molar-refractivity contribution in [3.8, 4) is 11.4 Å². The van der Waals surface area contributed by atoms with Gasteiger partial charge in [-0.05, 0) is 56.0 Å².